The molecule has 2 aromatic heterocycles. The number of carboxylic acid groups (broad SMARTS) is 1. The second-order valence-corrected chi connectivity index (χ2v) is 18.8. The van der Waals surface area contributed by atoms with Gasteiger partial charge in [-0.15, -0.1) is 0 Å². The van der Waals surface area contributed by atoms with Crippen LogP contribution in [0, 0.1) is 12.8 Å². The van der Waals surface area contributed by atoms with E-state index in [0.29, 0.717) is 56.3 Å². The monoisotopic (exact) mass is 647 g/mol. The Morgan fingerprint density at radius 2 is 1.82 bits per heavy atom. The van der Waals surface area contributed by atoms with Gasteiger partial charge in [-0.2, -0.15) is 13.2 Å². The van der Waals surface area contributed by atoms with Crippen LogP contribution in [0.1, 0.15) is 47.3 Å². The Morgan fingerprint density at radius 1 is 1.11 bits per heavy atom. The minimum absolute atomic E-state index is 0.0503. The Hall–Kier alpha value is -3.65. The van der Waals surface area contributed by atoms with Crippen LogP contribution in [0.5, 0.6) is 5.75 Å². The maximum atomic E-state index is 13.9. The first-order valence-corrected chi connectivity index (χ1v) is 19.0. The van der Waals surface area contributed by atoms with Gasteiger partial charge < -0.3 is 29.4 Å². The summed E-state index contributed by atoms with van der Waals surface area (Å²) in [6.45, 7) is 9.99. The molecule has 0 spiro atoms. The number of hydrogen-bond acceptors (Lipinski definition) is 6. The molecular formula is C31H40F3N5O5Si. The Balaban J connectivity index is 1.57. The molecule has 1 aliphatic carbocycles. The Bertz CT molecular complexity index is 1560. The summed E-state index contributed by atoms with van der Waals surface area (Å²) in [5.74, 6) is 0.247. The second kappa shape index (κ2) is 13.0. The zero-order valence-corrected chi connectivity index (χ0v) is 27.0. The van der Waals surface area contributed by atoms with Crippen LogP contribution in [-0.2, 0) is 17.6 Å². The lowest BCUT2D eigenvalue weighted by Crippen LogP contribution is -2.46. The lowest BCUT2D eigenvalue weighted by atomic mass is 10.0. The lowest BCUT2D eigenvalue weighted by Gasteiger charge is -2.30. The van der Waals surface area contributed by atoms with Crippen LogP contribution in [0.25, 0.3) is 22.3 Å². The summed E-state index contributed by atoms with van der Waals surface area (Å²) in [6, 6.07) is 4.03. The zero-order chi connectivity index (χ0) is 32.5. The summed E-state index contributed by atoms with van der Waals surface area (Å²) >= 11 is 0. The molecule has 0 radical (unpaired) electrons. The van der Waals surface area contributed by atoms with Gasteiger partial charge in [0.05, 0.1) is 23.3 Å². The fourth-order valence-electron chi connectivity index (χ4n) is 5.44. The highest BCUT2D eigenvalue weighted by atomic mass is 28.3. The minimum Gasteiger partial charge on any atom is -0.493 e. The first-order valence-electron chi connectivity index (χ1n) is 15.3. The summed E-state index contributed by atoms with van der Waals surface area (Å²) < 4.78 is 55.6. The zero-order valence-electron chi connectivity index (χ0n) is 26.0. The van der Waals surface area contributed by atoms with Gasteiger partial charge in [0.25, 0.3) is 5.91 Å². The van der Waals surface area contributed by atoms with Crippen molar-refractivity contribution in [3.8, 4) is 17.0 Å². The van der Waals surface area contributed by atoms with Gasteiger partial charge in [-0.1, -0.05) is 19.6 Å². The van der Waals surface area contributed by atoms with Crippen molar-refractivity contribution < 1.29 is 37.3 Å². The number of carbonyl (C=O) groups is 2. The fourth-order valence-corrected chi connectivity index (χ4v) is 6.19. The van der Waals surface area contributed by atoms with Crippen molar-refractivity contribution in [2.24, 2.45) is 5.92 Å². The molecule has 45 heavy (non-hydrogen) atoms. The van der Waals surface area contributed by atoms with Crippen molar-refractivity contribution in [3.63, 3.8) is 0 Å². The molecule has 1 saturated carbocycles. The van der Waals surface area contributed by atoms with Crippen LogP contribution in [-0.4, -0.2) is 77.0 Å². The first kappa shape index (κ1) is 32.7. The number of likely N-dealkylation sites (tertiary alicyclic amines) is 1. The van der Waals surface area contributed by atoms with Crippen molar-refractivity contribution in [2.75, 3.05) is 26.3 Å². The van der Waals surface area contributed by atoms with Crippen LogP contribution >= 0.6 is 0 Å². The van der Waals surface area contributed by atoms with Crippen molar-refractivity contribution in [1.29, 1.82) is 0 Å². The number of ether oxygens (including phenoxy) is 2. The number of rotatable bonds is 11. The summed E-state index contributed by atoms with van der Waals surface area (Å²) in [6.07, 6.45) is -1.39. The molecule has 0 bridgehead atoms. The molecule has 1 saturated heterocycles. The molecule has 10 nitrogen and oxygen atoms in total. The fraction of sp³-hybridized carbons (Fsp3) is 0.548. The van der Waals surface area contributed by atoms with Crippen LogP contribution in [0.15, 0.2) is 24.5 Å². The summed E-state index contributed by atoms with van der Waals surface area (Å²) in [5, 5.41) is 12.3. The minimum atomic E-state index is -4.59. The Kier molecular flexibility index (Phi) is 9.45. The highest BCUT2D eigenvalue weighted by Gasteiger charge is 2.34. The average Bonchev–Trinajstić information content (AvgIpc) is 3.75. The molecule has 2 amide bonds. The molecule has 2 fully saturated rings. The predicted molar refractivity (Wildman–Crippen MR) is 165 cm³/mol. The molecule has 3 heterocycles. The molecule has 14 heteroatoms. The van der Waals surface area contributed by atoms with Gasteiger partial charge in [-0.05, 0) is 62.8 Å². The maximum Gasteiger partial charge on any atom is 0.416 e. The normalized spacial score (nSPS) is 16.3. The first-order chi connectivity index (χ1) is 21.2. The molecule has 1 aliphatic heterocycles. The van der Waals surface area contributed by atoms with E-state index in [4.69, 9.17) is 9.47 Å². The van der Waals surface area contributed by atoms with Gasteiger partial charge in [0.2, 0.25) is 0 Å². The molecular weight excluding hydrogens is 607 g/mol. The average molecular weight is 648 g/mol. The maximum absolute atomic E-state index is 13.9. The van der Waals surface area contributed by atoms with Gasteiger partial charge >= 0.3 is 12.3 Å². The number of nitrogens with zero attached hydrogens (tertiary/aromatic N) is 4. The molecule has 244 valence electrons. The van der Waals surface area contributed by atoms with Crippen molar-refractivity contribution >= 4 is 31.1 Å². The lowest BCUT2D eigenvalue weighted by molar-refractivity contribution is -0.137. The topological polar surface area (TPSA) is 119 Å². The van der Waals surface area contributed by atoms with Crippen molar-refractivity contribution in [2.45, 2.75) is 77.2 Å². The molecule has 2 aliphatic rings. The van der Waals surface area contributed by atoms with E-state index in [1.165, 1.54) is 17.3 Å². The third kappa shape index (κ3) is 7.78. The second-order valence-electron chi connectivity index (χ2n) is 13.1. The van der Waals surface area contributed by atoms with Gasteiger partial charge in [0, 0.05) is 45.1 Å². The third-order valence-corrected chi connectivity index (χ3v) is 10.1. The van der Waals surface area contributed by atoms with E-state index >= 15 is 0 Å². The van der Waals surface area contributed by atoms with E-state index in [1.54, 1.807) is 11.5 Å². The highest BCUT2D eigenvalue weighted by molar-refractivity contribution is 6.76. The number of carbonyl (C=O) groups excluding carboxylic acids is 1. The number of nitrogens with one attached hydrogen (secondary N) is 1. The number of amides is 2. The van der Waals surface area contributed by atoms with Crippen LogP contribution in [0.2, 0.25) is 25.7 Å². The predicted octanol–water partition coefficient (Wildman–Crippen LogP) is 6.40. The number of halogens is 3. The van der Waals surface area contributed by atoms with Gasteiger partial charge in [-0.25, -0.2) is 14.8 Å². The van der Waals surface area contributed by atoms with E-state index in [0.717, 1.165) is 31.0 Å². The number of aromatic nitrogens is 3. The number of alkyl halides is 3. The number of benzene rings is 1. The van der Waals surface area contributed by atoms with E-state index in [9.17, 15) is 27.9 Å². The van der Waals surface area contributed by atoms with E-state index in [2.05, 4.69) is 34.9 Å². The molecule has 5 rings (SSSR count). The molecule has 2 N–H and O–H groups in total. The summed E-state index contributed by atoms with van der Waals surface area (Å²) in [7, 11) is -1.41. The Morgan fingerprint density at radius 3 is 2.44 bits per heavy atom. The van der Waals surface area contributed by atoms with E-state index < -0.39 is 31.8 Å². The van der Waals surface area contributed by atoms with Crippen LogP contribution in [0.3, 0.4) is 0 Å². The number of fused-ring (bicyclic) bond motifs is 1. The quantitative estimate of drug-likeness (QED) is 0.183. The highest BCUT2D eigenvalue weighted by Crippen LogP contribution is 2.41. The SMILES string of the molecule is Cc1c(C(=O)NC2CCN(C(=O)O)CC2)c2ncnc(-c3cc(C(F)(F)F)ccc3OCC3CC3)c2n1COCC[Si](C)(C)C. The van der Waals surface area contributed by atoms with Crippen LogP contribution in [0.4, 0.5) is 18.0 Å². The van der Waals surface area contributed by atoms with Crippen molar-refractivity contribution in [3.05, 3.63) is 41.3 Å². The number of piperidine rings is 1. The van der Waals surface area contributed by atoms with E-state index in [1.807, 2.05) is 0 Å². The van der Waals surface area contributed by atoms with E-state index in [-0.39, 0.29) is 40.9 Å². The largest absolute Gasteiger partial charge is 0.493 e. The molecule has 1 aromatic carbocycles. The summed E-state index contributed by atoms with van der Waals surface area (Å²) in [5.41, 5.74) is 1.01. The Labute approximate surface area is 260 Å². The molecule has 0 unspecified atom stereocenters. The van der Waals surface area contributed by atoms with Crippen molar-refractivity contribution in [1.82, 2.24) is 24.8 Å². The number of hydrogen-bond donors (Lipinski definition) is 2. The smallest absolute Gasteiger partial charge is 0.416 e. The molecule has 3 aromatic rings. The van der Waals surface area contributed by atoms with Gasteiger partial charge in [-0.3, -0.25) is 4.79 Å². The third-order valence-electron chi connectivity index (χ3n) is 8.37. The molecule has 0 atom stereocenters. The van der Waals surface area contributed by atoms with Gasteiger partial charge in [0.15, 0.2) is 0 Å². The van der Waals surface area contributed by atoms with Crippen LogP contribution < -0.4 is 10.1 Å². The standard InChI is InChI=1S/C31H40F3N5O5Si/c1-19-25(29(40)37-22-9-11-38(12-10-22)30(41)42)27-28(39(19)18-43-13-14-45(2,3)4)26(35-17-36-27)23-15-21(31(32,33)34)7-8-24(23)44-16-20-5-6-20/h7-8,15,17,20,22H,5-6,9-14,16,18H2,1-4H3,(H,37,40)(H,41,42). The van der Waals surface area contributed by atoms with Gasteiger partial charge in [0.1, 0.15) is 30.0 Å². The summed E-state index contributed by atoms with van der Waals surface area (Å²) in [4.78, 5) is 35.4.